The highest BCUT2D eigenvalue weighted by Gasteiger charge is 2.15. The smallest absolute Gasteiger partial charge is 0.199 e. The summed E-state index contributed by atoms with van der Waals surface area (Å²) in [5.74, 6) is 0.220. The molecule has 1 aromatic heterocycles. The first kappa shape index (κ1) is 19.5. The third-order valence-corrected chi connectivity index (χ3v) is 5.89. The molecule has 144 valence electrons. The summed E-state index contributed by atoms with van der Waals surface area (Å²) in [4.78, 5) is 17.0. The number of rotatable bonds is 6. The lowest BCUT2D eigenvalue weighted by Gasteiger charge is -2.08. The van der Waals surface area contributed by atoms with E-state index >= 15 is 0 Å². The molecule has 4 rings (SSSR count). The van der Waals surface area contributed by atoms with E-state index in [1.54, 1.807) is 36.4 Å². The number of hydrogen-bond donors (Lipinski definition) is 1. The first-order valence-corrected chi connectivity index (χ1v) is 10.4. The van der Waals surface area contributed by atoms with Gasteiger partial charge >= 0.3 is 0 Å². The van der Waals surface area contributed by atoms with Gasteiger partial charge in [0.15, 0.2) is 5.78 Å². The molecule has 0 atom stereocenters. The van der Waals surface area contributed by atoms with Crippen LogP contribution in [0.3, 0.4) is 0 Å². The molecule has 0 unspecified atom stereocenters. The van der Waals surface area contributed by atoms with Crippen LogP contribution in [0.25, 0.3) is 17.0 Å². The number of carbonyl (C=O) groups is 1. The Balaban J connectivity index is 1.68. The van der Waals surface area contributed by atoms with Crippen LogP contribution in [-0.2, 0) is 5.75 Å². The third kappa shape index (κ3) is 4.61. The molecule has 0 aliphatic carbocycles. The van der Waals surface area contributed by atoms with Gasteiger partial charge in [0.05, 0.1) is 4.91 Å². The molecule has 2 nitrogen and oxygen atoms in total. The van der Waals surface area contributed by atoms with Gasteiger partial charge in [0.2, 0.25) is 0 Å². The van der Waals surface area contributed by atoms with Crippen molar-refractivity contribution in [1.82, 2.24) is 4.98 Å². The van der Waals surface area contributed by atoms with Crippen molar-refractivity contribution in [2.24, 2.45) is 0 Å². The molecule has 0 amide bonds. The predicted molar refractivity (Wildman–Crippen MR) is 120 cm³/mol. The maximum absolute atomic E-state index is 13.2. The molecule has 0 saturated heterocycles. The van der Waals surface area contributed by atoms with Gasteiger partial charge in [-0.25, -0.2) is 4.39 Å². The van der Waals surface area contributed by atoms with Gasteiger partial charge < -0.3 is 4.98 Å². The second-order valence-corrected chi connectivity index (χ2v) is 8.00. The number of aromatic nitrogens is 1. The minimum Gasteiger partial charge on any atom is -0.361 e. The summed E-state index contributed by atoms with van der Waals surface area (Å²) >= 11 is 7.40. The first-order valence-electron chi connectivity index (χ1n) is 9.05. The maximum Gasteiger partial charge on any atom is 0.199 e. The van der Waals surface area contributed by atoms with Gasteiger partial charge in [-0.1, -0.05) is 41.9 Å². The van der Waals surface area contributed by atoms with Crippen LogP contribution in [0, 0.1) is 5.82 Å². The number of aromatic amines is 1. The van der Waals surface area contributed by atoms with Crippen molar-refractivity contribution in [3.63, 3.8) is 0 Å². The Bertz CT molecular complexity index is 1180. The van der Waals surface area contributed by atoms with Crippen molar-refractivity contribution in [1.29, 1.82) is 0 Å². The lowest BCUT2D eigenvalue weighted by molar-refractivity contribution is 0.104. The molecule has 3 aromatic carbocycles. The Hall–Kier alpha value is -2.82. The lowest BCUT2D eigenvalue weighted by Crippen LogP contribution is -2.01. The number of allylic oxidation sites excluding steroid dienone is 1. The fourth-order valence-electron chi connectivity index (χ4n) is 3.01. The molecular weight excluding hydrogens is 405 g/mol. The molecule has 4 aromatic rings. The Morgan fingerprint density at radius 3 is 2.48 bits per heavy atom. The van der Waals surface area contributed by atoms with Gasteiger partial charge in [-0.05, 0) is 54.1 Å². The minimum atomic E-state index is -0.273. The van der Waals surface area contributed by atoms with Crippen LogP contribution in [0.5, 0.6) is 0 Å². The second kappa shape index (κ2) is 8.68. The van der Waals surface area contributed by atoms with E-state index in [1.807, 2.05) is 36.5 Å². The molecule has 0 fully saturated rings. The first-order chi connectivity index (χ1) is 14.1. The normalized spacial score (nSPS) is 11.7. The SMILES string of the molecule is O=C(/C(=C\c1c[nH]c2ccccc12)SCc1ccc(F)cc1)c1ccc(Cl)cc1. The number of hydrogen-bond acceptors (Lipinski definition) is 2. The summed E-state index contributed by atoms with van der Waals surface area (Å²) in [6.45, 7) is 0. The number of benzene rings is 3. The van der Waals surface area contributed by atoms with E-state index in [9.17, 15) is 9.18 Å². The second-order valence-electron chi connectivity index (χ2n) is 6.55. The van der Waals surface area contributed by atoms with Crippen LogP contribution in [0.2, 0.25) is 5.02 Å². The quantitative estimate of drug-likeness (QED) is 0.265. The lowest BCUT2D eigenvalue weighted by atomic mass is 10.1. The largest absolute Gasteiger partial charge is 0.361 e. The Labute approximate surface area is 177 Å². The summed E-state index contributed by atoms with van der Waals surface area (Å²) in [7, 11) is 0. The highest BCUT2D eigenvalue weighted by Crippen LogP contribution is 2.30. The highest BCUT2D eigenvalue weighted by atomic mass is 35.5. The zero-order valence-corrected chi connectivity index (χ0v) is 16.9. The van der Waals surface area contributed by atoms with Gasteiger partial charge in [0.25, 0.3) is 0 Å². The van der Waals surface area contributed by atoms with E-state index in [1.165, 1.54) is 23.9 Å². The average Bonchev–Trinajstić information content (AvgIpc) is 3.15. The summed E-state index contributed by atoms with van der Waals surface area (Å²) in [6, 6.07) is 21.2. The average molecular weight is 422 g/mol. The van der Waals surface area contributed by atoms with E-state index in [4.69, 9.17) is 11.6 Å². The summed E-state index contributed by atoms with van der Waals surface area (Å²) < 4.78 is 13.2. The van der Waals surface area contributed by atoms with Gasteiger partial charge in [-0.15, -0.1) is 11.8 Å². The van der Waals surface area contributed by atoms with E-state index in [0.29, 0.717) is 21.2 Å². The Morgan fingerprint density at radius 2 is 1.72 bits per heavy atom. The van der Waals surface area contributed by atoms with Crippen molar-refractivity contribution in [2.75, 3.05) is 0 Å². The fraction of sp³-hybridized carbons (Fsp3) is 0.0417. The number of fused-ring (bicyclic) bond motifs is 1. The number of carbonyl (C=O) groups excluding carboxylic acids is 1. The van der Waals surface area contributed by atoms with E-state index < -0.39 is 0 Å². The van der Waals surface area contributed by atoms with Gasteiger partial charge in [-0.3, -0.25) is 4.79 Å². The molecular formula is C24H17ClFNOS. The molecule has 5 heteroatoms. The van der Waals surface area contributed by atoms with Crippen LogP contribution in [0.15, 0.2) is 83.9 Å². The standard InChI is InChI=1S/C24H17ClFNOS/c25-19-9-7-17(8-10-19)24(28)23(29-15-16-5-11-20(26)12-6-16)13-18-14-27-22-4-2-1-3-21(18)22/h1-14,27H,15H2/b23-13+. The predicted octanol–water partition coefficient (Wildman–Crippen LogP) is 7.12. The number of nitrogens with one attached hydrogen (secondary N) is 1. The molecule has 0 saturated carbocycles. The number of thioether (sulfide) groups is 1. The van der Waals surface area contributed by atoms with Crippen LogP contribution in [0.4, 0.5) is 4.39 Å². The number of para-hydroxylation sites is 1. The molecule has 0 aliphatic rings. The van der Waals surface area contributed by atoms with E-state index in [2.05, 4.69) is 4.98 Å². The zero-order chi connectivity index (χ0) is 20.2. The number of Topliss-reactive ketones (excluding diaryl/α,β-unsaturated/α-hetero) is 1. The number of H-pyrrole nitrogens is 1. The van der Waals surface area contributed by atoms with Crippen molar-refractivity contribution < 1.29 is 9.18 Å². The zero-order valence-electron chi connectivity index (χ0n) is 15.4. The summed E-state index contributed by atoms with van der Waals surface area (Å²) in [5.41, 5.74) is 3.49. The number of halogens is 2. The van der Waals surface area contributed by atoms with Crippen LogP contribution in [0.1, 0.15) is 21.5 Å². The van der Waals surface area contributed by atoms with Crippen LogP contribution in [-0.4, -0.2) is 10.8 Å². The van der Waals surface area contributed by atoms with Crippen LogP contribution < -0.4 is 0 Å². The molecule has 1 heterocycles. The van der Waals surface area contributed by atoms with Gasteiger partial charge in [0.1, 0.15) is 5.82 Å². The van der Waals surface area contributed by atoms with Crippen molar-refractivity contribution >= 4 is 46.1 Å². The molecule has 0 spiro atoms. The number of ketones is 1. The molecule has 0 bridgehead atoms. The van der Waals surface area contributed by atoms with Crippen molar-refractivity contribution in [3.05, 3.63) is 111 Å². The monoisotopic (exact) mass is 421 g/mol. The van der Waals surface area contributed by atoms with E-state index in [0.717, 1.165) is 22.0 Å². The Morgan fingerprint density at radius 1 is 1.00 bits per heavy atom. The van der Waals surface area contributed by atoms with E-state index in [-0.39, 0.29) is 11.6 Å². The highest BCUT2D eigenvalue weighted by molar-refractivity contribution is 8.03. The van der Waals surface area contributed by atoms with Gasteiger partial charge in [-0.2, -0.15) is 0 Å². The minimum absolute atomic E-state index is 0.0703. The van der Waals surface area contributed by atoms with Crippen molar-refractivity contribution in [2.45, 2.75) is 5.75 Å². The molecule has 0 aliphatic heterocycles. The molecule has 29 heavy (non-hydrogen) atoms. The summed E-state index contributed by atoms with van der Waals surface area (Å²) in [6.07, 6.45) is 3.81. The van der Waals surface area contributed by atoms with Gasteiger partial charge in [0, 0.05) is 39.0 Å². The fourth-order valence-corrected chi connectivity index (χ4v) is 4.11. The van der Waals surface area contributed by atoms with Crippen LogP contribution >= 0.6 is 23.4 Å². The maximum atomic E-state index is 13.2. The third-order valence-electron chi connectivity index (χ3n) is 4.55. The molecule has 0 radical (unpaired) electrons. The molecule has 1 N–H and O–H groups in total. The topological polar surface area (TPSA) is 32.9 Å². The Kier molecular flexibility index (Phi) is 5.84. The van der Waals surface area contributed by atoms with Crippen molar-refractivity contribution in [3.8, 4) is 0 Å². The summed E-state index contributed by atoms with van der Waals surface area (Å²) in [5, 5.41) is 1.64.